The van der Waals surface area contributed by atoms with E-state index >= 15 is 0 Å². The first kappa shape index (κ1) is 35.3. The van der Waals surface area contributed by atoms with Gasteiger partial charge in [0.05, 0.1) is 24.9 Å². The van der Waals surface area contributed by atoms with Crippen LogP contribution in [0.5, 0.6) is 0 Å². The van der Waals surface area contributed by atoms with Crippen LogP contribution in [0.3, 0.4) is 0 Å². The molecule has 10 nitrogen and oxygen atoms in total. The molecule has 0 radical (unpaired) electrons. The number of aliphatic carboxylic acids is 1. The second-order valence-corrected chi connectivity index (χ2v) is 15.6. The maximum Gasteiger partial charge on any atom is 0.337 e. The fraction of sp³-hybridized carbons (Fsp3) is 0.730. The number of hydrogen-bond acceptors (Lipinski definition) is 7. The highest BCUT2D eigenvalue weighted by atomic mass is 16.5. The maximum atomic E-state index is 12.9. The molecule has 0 bridgehead atoms. The first-order valence-corrected chi connectivity index (χ1v) is 17.6. The van der Waals surface area contributed by atoms with Crippen LogP contribution in [0.4, 0.5) is 5.69 Å². The Labute approximate surface area is 278 Å². The zero-order valence-corrected chi connectivity index (χ0v) is 28.4. The van der Waals surface area contributed by atoms with Crippen LogP contribution in [0.25, 0.3) is 0 Å². The molecule has 47 heavy (non-hydrogen) atoms. The lowest BCUT2D eigenvalue weighted by molar-refractivity contribution is -0.174. The Morgan fingerprint density at radius 3 is 2.23 bits per heavy atom. The molecule has 0 heterocycles. The Morgan fingerprint density at radius 2 is 1.55 bits per heavy atom. The summed E-state index contributed by atoms with van der Waals surface area (Å²) in [5.74, 6) is -0.0487. The van der Waals surface area contributed by atoms with Gasteiger partial charge in [-0.1, -0.05) is 20.8 Å². The van der Waals surface area contributed by atoms with E-state index in [0.717, 1.165) is 51.4 Å². The molecule has 0 spiro atoms. The smallest absolute Gasteiger partial charge is 0.337 e. The number of carboxylic acids is 1. The number of fused-ring (bicyclic) bond motifs is 5. The number of anilines is 1. The van der Waals surface area contributed by atoms with E-state index in [-0.39, 0.29) is 54.1 Å². The third kappa shape index (κ3) is 7.24. The van der Waals surface area contributed by atoms with E-state index in [4.69, 9.17) is 0 Å². The minimum absolute atomic E-state index is 0.0469. The van der Waals surface area contributed by atoms with Crippen LogP contribution in [-0.4, -0.2) is 64.4 Å². The van der Waals surface area contributed by atoms with Crippen molar-refractivity contribution in [1.29, 1.82) is 0 Å². The largest absolute Gasteiger partial charge is 0.480 e. The molecule has 5 rings (SSSR count). The molecule has 5 N–H and O–H groups in total. The summed E-state index contributed by atoms with van der Waals surface area (Å²) in [6.07, 6.45) is 8.07. The van der Waals surface area contributed by atoms with Gasteiger partial charge < -0.3 is 30.7 Å². The first-order chi connectivity index (χ1) is 22.3. The number of hydrogen-bond donors (Lipinski definition) is 5. The average molecular weight is 655 g/mol. The van der Waals surface area contributed by atoms with Crippen molar-refractivity contribution >= 4 is 29.4 Å². The quantitative estimate of drug-likeness (QED) is 0.204. The molecule has 4 aliphatic carbocycles. The Morgan fingerprint density at radius 1 is 0.894 bits per heavy atom. The second kappa shape index (κ2) is 14.2. The molecule has 4 fully saturated rings. The fourth-order valence-corrected chi connectivity index (χ4v) is 10.6. The van der Waals surface area contributed by atoms with Gasteiger partial charge in [-0.3, -0.25) is 9.59 Å². The molecule has 0 saturated heterocycles. The van der Waals surface area contributed by atoms with E-state index in [0.29, 0.717) is 47.3 Å². The number of rotatable bonds is 11. The standard InChI is InChI=1S/C37H54N2O8/c1-21(5-13-32(43)39-29(34(44)45)12-14-31(42)38-24-8-6-22(7-9-24)35(46)47-4)26-10-11-27-33-28(16-18-37(26,27)3)36(2)17-15-25(40)19-23(36)20-30(33)41/h6-9,21,23,25-30,33,40-41H,5,10-20H2,1-4H3,(H,38,42)(H,39,43)(H,44,45)/t21-,23+,25-,26-,27+,28+,29+,30-,33+,36+,37-/m1/s1. The number of carbonyl (C=O) groups excluding carboxylic acids is 3. The van der Waals surface area contributed by atoms with Gasteiger partial charge in [0.15, 0.2) is 0 Å². The van der Waals surface area contributed by atoms with Crippen LogP contribution in [0.2, 0.25) is 0 Å². The summed E-state index contributed by atoms with van der Waals surface area (Å²) in [6, 6.07) is 5.01. The predicted molar refractivity (Wildman–Crippen MR) is 176 cm³/mol. The van der Waals surface area contributed by atoms with Crippen LogP contribution in [0.1, 0.15) is 108 Å². The number of amides is 2. The van der Waals surface area contributed by atoms with Gasteiger partial charge in [0.2, 0.25) is 11.8 Å². The van der Waals surface area contributed by atoms with E-state index < -0.39 is 23.9 Å². The molecule has 0 unspecified atom stereocenters. The Balaban J connectivity index is 1.11. The number of aliphatic hydroxyl groups is 2. The predicted octanol–water partition coefficient (Wildman–Crippen LogP) is 5.17. The molecule has 10 heteroatoms. The van der Waals surface area contributed by atoms with E-state index in [1.807, 2.05) is 0 Å². The molecule has 4 saturated carbocycles. The Hall–Kier alpha value is -2.98. The Bertz CT molecular complexity index is 1320. The van der Waals surface area contributed by atoms with E-state index in [1.54, 1.807) is 12.1 Å². The number of carboxylic acid groups (broad SMARTS) is 1. The van der Waals surface area contributed by atoms with Crippen molar-refractivity contribution in [3.05, 3.63) is 29.8 Å². The third-order valence-electron chi connectivity index (χ3n) is 13.1. The topological polar surface area (TPSA) is 162 Å². The molecule has 2 amide bonds. The minimum atomic E-state index is -1.18. The zero-order chi connectivity index (χ0) is 34.1. The normalized spacial score (nSPS) is 35.7. The van der Waals surface area contributed by atoms with Gasteiger partial charge >= 0.3 is 11.9 Å². The average Bonchev–Trinajstić information content (AvgIpc) is 3.39. The van der Waals surface area contributed by atoms with E-state index in [9.17, 15) is 34.5 Å². The van der Waals surface area contributed by atoms with Gasteiger partial charge in [-0.15, -0.1) is 0 Å². The van der Waals surface area contributed by atoms with Crippen LogP contribution >= 0.6 is 0 Å². The van der Waals surface area contributed by atoms with Crippen molar-refractivity contribution in [3.8, 4) is 0 Å². The second-order valence-electron chi connectivity index (χ2n) is 15.6. The molecule has 4 aliphatic rings. The lowest BCUT2D eigenvalue weighted by Gasteiger charge is -2.62. The number of methoxy groups -OCH3 is 1. The summed E-state index contributed by atoms with van der Waals surface area (Å²) in [4.78, 5) is 49.0. The van der Waals surface area contributed by atoms with E-state index in [2.05, 4.69) is 36.1 Å². The van der Waals surface area contributed by atoms with Gasteiger partial charge in [-0.2, -0.15) is 0 Å². The third-order valence-corrected chi connectivity index (χ3v) is 13.1. The molecule has 0 aliphatic heterocycles. The number of aliphatic hydroxyl groups excluding tert-OH is 2. The summed E-state index contributed by atoms with van der Waals surface area (Å²) < 4.78 is 4.67. The first-order valence-electron chi connectivity index (χ1n) is 17.6. The van der Waals surface area contributed by atoms with Gasteiger partial charge in [0.1, 0.15) is 6.04 Å². The number of esters is 1. The lowest BCUT2D eigenvalue weighted by Crippen LogP contribution is -2.58. The van der Waals surface area contributed by atoms with Gasteiger partial charge in [0, 0.05) is 18.5 Å². The highest BCUT2D eigenvalue weighted by Crippen LogP contribution is 2.68. The van der Waals surface area contributed by atoms with Crippen molar-refractivity contribution in [3.63, 3.8) is 0 Å². The Kier molecular flexibility index (Phi) is 10.7. The van der Waals surface area contributed by atoms with Crippen LogP contribution in [0.15, 0.2) is 24.3 Å². The van der Waals surface area contributed by atoms with Crippen LogP contribution < -0.4 is 10.6 Å². The summed E-state index contributed by atoms with van der Waals surface area (Å²) in [7, 11) is 1.29. The van der Waals surface area contributed by atoms with Crippen molar-refractivity contribution < 1.29 is 39.2 Å². The summed E-state index contributed by atoms with van der Waals surface area (Å²) in [6.45, 7) is 7.05. The minimum Gasteiger partial charge on any atom is -0.480 e. The van der Waals surface area contributed by atoms with Crippen molar-refractivity contribution in [2.24, 2.45) is 46.3 Å². The molecular formula is C37H54N2O8. The van der Waals surface area contributed by atoms with Crippen LogP contribution in [-0.2, 0) is 19.1 Å². The van der Waals surface area contributed by atoms with Crippen molar-refractivity contribution in [1.82, 2.24) is 5.32 Å². The van der Waals surface area contributed by atoms with Crippen molar-refractivity contribution in [2.75, 3.05) is 12.4 Å². The number of nitrogens with one attached hydrogen (secondary N) is 2. The lowest BCUT2D eigenvalue weighted by atomic mass is 9.43. The SMILES string of the molecule is COC(=O)c1ccc(NC(=O)CC[C@H](NC(=O)CC[C@@H](C)[C@H]2CC[C@H]3[C@@H]4[C@H](O)C[C@@H]5C[C@H](O)CC[C@]5(C)[C@H]4CC[C@]23C)C(=O)O)cc1. The number of ether oxygens (including phenoxy) is 1. The molecule has 0 aromatic heterocycles. The molecule has 1 aromatic rings. The zero-order valence-electron chi connectivity index (χ0n) is 28.4. The van der Waals surface area contributed by atoms with Gasteiger partial charge in [-0.05, 0) is 135 Å². The molecule has 11 atom stereocenters. The summed E-state index contributed by atoms with van der Waals surface area (Å²) in [5.41, 5.74) is 1.10. The summed E-state index contributed by atoms with van der Waals surface area (Å²) >= 11 is 0. The molecule has 1 aromatic carbocycles. The van der Waals surface area contributed by atoms with Gasteiger partial charge in [0.25, 0.3) is 0 Å². The number of carbonyl (C=O) groups is 4. The summed E-state index contributed by atoms with van der Waals surface area (Å²) in [5, 5.41) is 36.9. The number of benzene rings is 1. The monoisotopic (exact) mass is 654 g/mol. The van der Waals surface area contributed by atoms with Crippen LogP contribution in [0, 0.1) is 46.3 Å². The maximum absolute atomic E-state index is 12.9. The highest BCUT2D eigenvalue weighted by Gasteiger charge is 2.62. The highest BCUT2D eigenvalue weighted by molar-refractivity contribution is 5.93. The van der Waals surface area contributed by atoms with E-state index in [1.165, 1.54) is 19.2 Å². The molecular weight excluding hydrogens is 600 g/mol. The molecule has 260 valence electrons. The van der Waals surface area contributed by atoms with Crippen molar-refractivity contribution in [2.45, 2.75) is 116 Å². The van der Waals surface area contributed by atoms with Gasteiger partial charge in [-0.25, -0.2) is 9.59 Å². The fourth-order valence-electron chi connectivity index (χ4n) is 10.6.